The van der Waals surface area contributed by atoms with Gasteiger partial charge in [0.2, 0.25) is 10.0 Å². The van der Waals surface area contributed by atoms with Crippen molar-refractivity contribution in [1.29, 1.82) is 5.26 Å². The number of aliphatic hydroxyl groups is 1. The van der Waals surface area contributed by atoms with E-state index in [1.165, 1.54) is 22.5 Å². The summed E-state index contributed by atoms with van der Waals surface area (Å²) in [5.41, 5.74) is 0.0692. The third kappa shape index (κ3) is 3.28. The van der Waals surface area contributed by atoms with E-state index in [1.807, 2.05) is 13.0 Å². The van der Waals surface area contributed by atoms with Crippen molar-refractivity contribution in [2.24, 2.45) is 0 Å². The molecular formula is C15H19ClN2O3S. The van der Waals surface area contributed by atoms with Crippen LogP contribution in [0.2, 0.25) is 5.02 Å². The smallest absolute Gasteiger partial charge is 0.244 e. The summed E-state index contributed by atoms with van der Waals surface area (Å²) in [6, 6.07) is 5.66. The fourth-order valence-electron chi connectivity index (χ4n) is 2.81. The molecule has 1 N–H and O–H groups in total. The molecule has 1 aromatic rings. The summed E-state index contributed by atoms with van der Waals surface area (Å²) >= 11 is 5.90. The highest BCUT2D eigenvalue weighted by Crippen LogP contribution is 2.30. The molecule has 0 radical (unpaired) electrons. The van der Waals surface area contributed by atoms with E-state index in [4.69, 9.17) is 16.9 Å². The summed E-state index contributed by atoms with van der Waals surface area (Å²) in [4.78, 5) is -0.0855. The van der Waals surface area contributed by atoms with Gasteiger partial charge in [-0.3, -0.25) is 0 Å². The predicted octanol–water partition coefficient (Wildman–Crippen LogP) is 2.53. The number of aliphatic hydroxyl groups excluding tert-OH is 1. The third-order valence-corrected chi connectivity index (χ3v) is 6.21. The molecule has 0 aliphatic carbocycles. The summed E-state index contributed by atoms with van der Waals surface area (Å²) in [7, 11) is -3.87. The minimum Gasteiger partial charge on any atom is -0.391 e. The Labute approximate surface area is 136 Å². The minimum atomic E-state index is -3.87. The SMILES string of the molecule is CC[C@@H](O)[C@H]1CCCCN1S(=O)(=O)c1cc(Cl)ccc1C#N. The van der Waals surface area contributed by atoms with Gasteiger partial charge in [-0.15, -0.1) is 0 Å². The van der Waals surface area contributed by atoms with E-state index < -0.39 is 22.2 Å². The van der Waals surface area contributed by atoms with Crippen LogP contribution in [0.1, 0.15) is 38.2 Å². The molecule has 22 heavy (non-hydrogen) atoms. The second-order valence-corrected chi connectivity index (χ2v) is 7.70. The lowest BCUT2D eigenvalue weighted by atomic mass is 9.98. The molecule has 2 rings (SSSR count). The first-order valence-electron chi connectivity index (χ1n) is 7.31. The van der Waals surface area contributed by atoms with Crippen molar-refractivity contribution >= 4 is 21.6 Å². The molecule has 7 heteroatoms. The van der Waals surface area contributed by atoms with E-state index in [0.29, 0.717) is 19.4 Å². The molecule has 0 spiro atoms. The Balaban J connectivity index is 2.49. The second-order valence-electron chi connectivity index (χ2n) is 5.41. The van der Waals surface area contributed by atoms with E-state index in [2.05, 4.69) is 0 Å². The van der Waals surface area contributed by atoms with Crippen LogP contribution in [-0.4, -0.2) is 36.5 Å². The van der Waals surface area contributed by atoms with Crippen molar-refractivity contribution in [3.8, 4) is 6.07 Å². The Morgan fingerprint density at radius 2 is 2.23 bits per heavy atom. The van der Waals surface area contributed by atoms with Crippen LogP contribution in [0.4, 0.5) is 0 Å². The number of piperidine rings is 1. The molecule has 1 aliphatic heterocycles. The number of hydrogen-bond donors (Lipinski definition) is 1. The molecule has 1 aliphatic rings. The maximum atomic E-state index is 13.0. The zero-order valence-corrected chi connectivity index (χ0v) is 13.9. The number of hydrogen-bond acceptors (Lipinski definition) is 4. The second kappa shape index (κ2) is 6.97. The van der Waals surface area contributed by atoms with Gasteiger partial charge < -0.3 is 5.11 Å². The molecule has 1 aromatic carbocycles. The molecular weight excluding hydrogens is 324 g/mol. The maximum absolute atomic E-state index is 13.0. The first kappa shape index (κ1) is 17.2. The Morgan fingerprint density at radius 3 is 2.86 bits per heavy atom. The monoisotopic (exact) mass is 342 g/mol. The molecule has 1 saturated heterocycles. The van der Waals surface area contributed by atoms with Crippen LogP contribution in [0.15, 0.2) is 23.1 Å². The largest absolute Gasteiger partial charge is 0.391 e. The molecule has 0 unspecified atom stereocenters. The summed E-state index contributed by atoms with van der Waals surface area (Å²) in [6.45, 7) is 2.17. The standard InChI is InChI=1S/C15H19ClN2O3S/c1-2-14(19)13-5-3-4-8-18(13)22(20,21)15-9-12(16)7-6-11(15)10-17/h6-7,9,13-14,19H,2-5,8H2,1H3/t13-,14-/m1/s1. The van der Waals surface area contributed by atoms with Gasteiger partial charge in [0, 0.05) is 11.6 Å². The van der Waals surface area contributed by atoms with Gasteiger partial charge in [-0.05, 0) is 37.5 Å². The van der Waals surface area contributed by atoms with Crippen molar-refractivity contribution in [2.75, 3.05) is 6.54 Å². The zero-order valence-electron chi connectivity index (χ0n) is 12.4. The quantitative estimate of drug-likeness (QED) is 0.911. The summed E-state index contributed by atoms with van der Waals surface area (Å²) in [5.74, 6) is 0. The number of benzene rings is 1. The summed E-state index contributed by atoms with van der Waals surface area (Å²) in [5, 5.41) is 19.6. The number of halogens is 1. The number of nitrogens with zero attached hydrogens (tertiary/aromatic N) is 2. The average molecular weight is 343 g/mol. The van der Waals surface area contributed by atoms with Gasteiger partial charge >= 0.3 is 0 Å². The van der Waals surface area contributed by atoms with Gasteiger partial charge in [0.25, 0.3) is 0 Å². The first-order valence-corrected chi connectivity index (χ1v) is 9.13. The Morgan fingerprint density at radius 1 is 1.50 bits per heavy atom. The van der Waals surface area contributed by atoms with Crippen molar-refractivity contribution in [3.05, 3.63) is 28.8 Å². The molecule has 0 saturated carbocycles. The van der Waals surface area contributed by atoms with Gasteiger partial charge in [-0.1, -0.05) is 24.9 Å². The van der Waals surface area contributed by atoms with Crippen molar-refractivity contribution < 1.29 is 13.5 Å². The fraction of sp³-hybridized carbons (Fsp3) is 0.533. The lowest BCUT2D eigenvalue weighted by molar-refractivity contribution is 0.0667. The molecule has 2 atom stereocenters. The van der Waals surface area contributed by atoms with Crippen molar-refractivity contribution in [1.82, 2.24) is 4.31 Å². The van der Waals surface area contributed by atoms with Crippen LogP contribution >= 0.6 is 11.6 Å². The molecule has 1 heterocycles. The van der Waals surface area contributed by atoms with E-state index in [0.717, 1.165) is 12.8 Å². The van der Waals surface area contributed by atoms with Crippen LogP contribution in [0.3, 0.4) is 0 Å². The molecule has 0 bridgehead atoms. The van der Waals surface area contributed by atoms with E-state index in [9.17, 15) is 13.5 Å². The zero-order chi connectivity index (χ0) is 16.3. The van der Waals surface area contributed by atoms with Gasteiger partial charge in [-0.2, -0.15) is 9.57 Å². The summed E-state index contributed by atoms with van der Waals surface area (Å²) in [6.07, 6.45) is 2.02. The van der Waals surface area contributed by atoms with Gasteiger partial charge in [-0.25, -0.2) is 8.42 Å². The third-order valence-electron chi connectivity index (χ3n) is 4.01. The van der Waals surface area contributed by atoms with Gasteiger partial charge in [0.05, 0.1) is 17.7 Å². The van der Waals surface area contributed by atoms with Crippen LogP contribution in [0, 0.1) is 11.3 Å². The highest BCUT2D eigenvalue weighted by Gasteiger charge is 2.37. The minimum absolute atomic E-state index is 0.0692. The number of nitriles is 1. The average Bonchev–Trinajstić information content (AvgIpc) is 2.54. The Bertz CT molecular complexity index is 685. The van der Waals surface area contributed by atoms with Crippen LogP contribution in [0.5, 0.6) is 0 Å². The van der Waals surface area contributed by atoms with E-state index >= 15 is 0 Å². The van der Waals surface area contributed by atoms with E-state index in [1.54, 1.807) is 0 Å². The van der Waals surface area contributed by atoms with Gasteiger partial charge in [0.1, 0.15) is 11.0 Å². The first-order chi connectivity index (χ1) is 10.4. The predicted molar refractivity (Wildman–Crippen MR) is 84.0 cm³/mol. The van der Waals surface area contributed by atoms with Crippen molar-refractivity contribution in [3.63, 3.8) is 0 Å². The number of rotatable bonds is 4. The topological polar surface area (TPSA) is 81.4 Å². The van der Waals surface area contributed by atoms with Crippen LogP contribution in [0.25, 0.3) is 0 Å². The van der Waals surface area contributed by atoms with Crippen LogP contribution < -0.4 is 0 Å². The Kier molecular flexibility index (Phi) is 5.45. The van der Waals surface area contributed by atoms with E-state index in [-0.39, 0.29) is 15.5 Å². The van der Waals surface area contributed by atoms with Gasteiger partial charge in [0.15, 0.2) is 0 Å². The molecule has 0 aromatic heterocycles. The lowest BCUT2D eigenvalue weighted by Crippen LogP contribution is -2.49. The maximum Gasteiger partial charge on any atom is 0.244 e. The highest BCUT2D eigenvalue weighted by molar-refractivity contribution is 7.89. The molecule has 0 amide bonds. The lowest BCUT2D eigenvalue weighted by Gasteiger charge is -2.37. The van der Waals surface area contributed by atoms with Crippen LogP contribution in [-0.2, 0) is 10.0 Å². The Hall–Kier alpha value is -1.13. The molecule has 120 valence electrons. The van der Waals surface area contributed by atoms with Crippen molar-refractivity contribution in [2.45, 2.75) is 49.6 Å². The molecule has 1 fully saturated rings. The molecule has 5 nitrogen and oxygen atoms in total. The summed E-state index contributed by atoms with van der Waals surface area (Å²) < 4.78 is 27.2. The highest BCUT2D eigenvalue weighted by atomic mass is 35.5. The number of sulfonamides is 1. The normalized spacial score (nSPS) is 21.3. The fourth-order valence-corrected chi connectivity index (χ4v) is 4.94.